The van der Waals surface area contributed by atoms with E-state index in [-0.39, 0.29) is 5.91 Å². The van der Waals surface area contributed by atoms with Crippen LogP contribution in [-0.2, 0) is 0 Å². The fourth-order valence-electron chi connectivity index (χ4n) is 1.75. The zero-order valence-electron chi connectivity index (χ0n) is 11.1. The molecule has 0 saturated carbocycles. The molecule has 5 nitrogen and oxygen atoms in total. The van der Waals surface area contributed by atoms with Crippen LogP contribution in [0.3, 0.4) is 0 Å². The molecule has 0 spiro atoms. The van der Waals surface area contributed by atoms with Gasteiger partial charge >= 0.3 is 0 Å². The standard InChI is InChI=1S/C14H14BrN3O2/c1-8-11(6-10(16)7-17-8)14(19)18-12-5-9(15)3-4-13(12)20-2/h3-7H,16H2,1-2H3,(H,18,19). The van der Waals surface area contributed by atoms with Crippen molar-refractivity contribution < 1.29 is 9.53 Å². The molecule has 0 aliphatic rings. The average molecular weight is 336 g/mol. The Kier molecular flexibility index (Phi) is 4.24. The van der Waals surface area contributed by atoms with Gasteiger partial charge in [0.15, 0.2) is 0 Å². The number of methoxy groups -OCH3 is 1. The van der Waals surface area contributed by atoms with Gasteiger partial charge in [0.05, 0.1) is 35.9 Å². The topological polar surface area (TPSA) is 77.2 Å². The Labute approximate surface area is 125 Å². The molecule has 1 heterocycles. The number of anilines is 2. The molecular weight excluding hydrogens is 322 g/mol. The minimum atomic E-state index is -0.279. The summed E-state index contributed by atoms with van der Waals surface area (Å²) in [7, 11) is 1.55. The van der Waals surface area contributed by atoms with Gasteiger partial charge in [-0.25, -0.2) is 0 Å². The number of nitrogens with zero attached hydrogens (tertiary/aromatic N) is 1. The molecule has 0 bridgehead atoms. The third-order valence-electron chi connectivity index (χ3n) is 2.76. The number of ether oxygens (including phenoxy) is 1. The van der Waals surface area contributed by atoms with E-state index in [1.807, 2.05) is 6.07 Å². The number of benzene rings is 1. The number of amides is 1. The molecule has 0 aliphatic carbocycles. The first-order valence-corrected chi connectivity index (χ1v) is 6.67. The number of carbonyl (C=O) groups is 1. The van der Waals surface area contributed by atoms with Crippen molar-refractivity contribution in [2.24, 2.45) is 0 Å². The van der Waals surface area contributed by atoms with Gasteiger partial charge in [-0.05, 0) is 31.2 Å². The molecule has 104 valence electrons. The highest BCUT2D eigenvalue weighted by Crippen LogP contribution is 2.28. The van der Waals surface area contributed by atoms with Crippen LogP contribution in [0.5, 0.6) is 5.75 Å². The first-order chi connectivity index (χ1) is 9.51. The van der Waals surface area contributed by atoms with Crippen molar-refractivity contribution in [2.45, 2.75) is 6.92 Å². The Morgan fingerprint density at radius 3 is 2.85 bits per heavy atom. The highest BCUT2D eigenvalue weighted by molar-refractivity contribution is 9.10. The van der Waals surface area contributed by atoms with Crippen LogP contribution in [0.15, 0.2) is 34.9 Å². The second kappa shape index (κ2) is 5.92. The lowest BCUT2D eigenvalue weighted by molar-refractivity contribution is 0.102. The first kappa shape index (κ1) is 14.3. The number of rotatable bonds is 3. The normalized spacial score (nSPS) is 10.2. The Morgan fingerprint density at radius 1 is 1.40 bits per heavy atom. The van der Waals surface area contributed by atoms with E-state index in [0.29, 0.717) is 28.4 Å². The second-order valence-electron chi connectivity index (χ2n) is 4.20. The van der Waals surface area contributed by atoms with Crippen molar-refractivity contribution in [3.8, 4) is 5.75 Å². The molecular formula is C14H14BrN3O2. The van der Waals surface area contributed by atoms with Crippen LogP contribution in [0.2, 0.25) is 0 Å². The molecule has 0 unspecified atom stereocenters. The number of nitrogens with two attached hydrogens (primary N) is 1. The minimum absolute atomic E-state index is 0.279. The average Bonchev–Trinajstić information content (AvgIpc) is 2.41. The number of hydrogen-bond donors (Lipinski definition) is 2. The Bertz CT molecular complexity index is 659. The van der Waals surface area contributed by atoms with E-state index >= 15 is 0 Å². The molecule has 2 aromatic rings. The van der Waals surface area contributed by atoms with Crippen molar-refractivity contribution in [3.05, 3.63) is 46.2 Å². The molecule has 1 amide bonds. The van der Waals surface area contributed by atoms with Gasteiger partial charge in [-0.1, -0.05) is 15.9 Å². The summed E-state index contributed by atoms with van der Waals surface area (Å²) < 4.78 is 6.06. The SMILES string of the molecule is COc1ccc(Br)cc1NC(=O)c1cc(N)cnc1C. The Morgan fingerprint density at radius 2 is 2.15 bits per heavy atom. The highest BCUT2D eigenvalue weighted by atomic mass is 79.9. The second-order valence-corrected chi connectivity index (χ2v) is 5.12. The first-order valence-electron chi connectivity index (χ1n) is 5.88. The summed E-state index contributed by atoms with van der Waals surface area (Å²) in [5.41, 5.74) is 7.74. The molecule has 1 aromatic carbocycles. The summed E-state index contributed by atoms with van der Waals surface area (Å²) in [4.78, 5) is 16.4. The molecule has 20 heavy (non-hydrogen) atoms. The lowest BCUT2D eigenvalue weighted by Crippen LogP contribution is -2.15. The van der Waals surface area contributed by atoms with Crippen LogP contribution in [0.25, 0.3) is 0 Å². The highest BCUT2D eigenvalue weighted by Gasteiger charge is 2.13. The fourth-order valence-corrected chi connectivity index (χ4v) is 2.11. The number of pyridine rings is 1. The number of hydrogen-bond acceptors (Lipinski definition) is 4. The number of carbonyl (C=O) groups excluding carboxylic acids is 1. The van der Waals surface area contributed by atoms with Gasteiger partial charge in [0.25, 0.3) is 5.91 Å². The lowest BCUT2D eigenvalue weighted by Gasteiger charge is -2.11. The Balaban J connectivity index is 2.32. The summed E-state index contributed by atoms with van der Waals surface area (Å²) in [5.74, 6) is 0.301. The molecule has 0 atom stereocenters. The molecule has 0 fully saturated rings. The zero-order valence-corrected chi connectivity index (χ0v) is 12.7. The van der Waals surface area contributed by atoms with E-state index in [4.69, 9.17) is 10.5 Å². The molecule has 3 N–H and O–H groups in total. The van der Waals surface area contributed by atoms with Gasteiger partial charge in [0.1, 0.15) is 5.75 Å². The van der Waals surface area contributed by atoms with Gasteiger partial charge < -0.3 is 15.8 Å². The number of nitrogens with one attached hydrogen (secondary N) is 1. The van der Waals surface area contributed by atoms with Crippen molar-refractivity contribution in [3.63, 3.8) is 0 Å². The van der Waals surface area contributed by atoms with Crippen LogP contribution in [0, 0.1) is 6.92 Å². The van der Waals surface area contributed by atoms with Crippen molar-refractivity contribution in [1.29, 1.82) is 0 Å². The largest absolute Gasteiger partial charge is 0.495 e. The third kappa shape index (κ3) is 3.08. The molecule has 0 saturated heterocycles. The number of aryl methyl sites for hydroxylation is 1. The monoisotopic (exact) mass is 335 g/mol. The van der Waals surface area contributed by atoms with Crippen LogP contribution >= 0.6 is 15.9 Å². The molecule has 2 rings (SSSR count). The van der Waals surface area contributed by atoms with E-state index in [1.54, 1.807) is 32.2 Å². The van der Waals surface area contributed by atoms with Crippen molar-refractivity contribution in [1.82, 2.24) is 4.98 Å². The quantitative estimate of drug-likeness (QED) is 0.903. The minimum Gasteiger partial charge on any atom is -0.495 e. The summed E-state index contributed by atoms with van der Waals surface area (Å²) in [6.07, 6.45) is 1.52. The zero-order chi connectivity index (χ0) is 14.7. The van der Waals surface area contributed by atoms with Crippen molar-refractivity contribution in [2.75, 3.05) is 18.2 Å². The molecule has 0 aliphatic heterocycles. The molecule has 6 heteroatoms. The van der Waals surface area contributed by atoms with Gasteiger partial charge in [0.2, 0.25) is 0 Å². The smallest absolute Gasteiger partial charge is 0.257 e. The van der Waals surface area contributed by atoms with E-state index < -0.39 is 0 Å². The lowest BCUT2D eigenvalue weighted by atomic mass is 10.1. The summed E-state index contributed by atoms with van der Waals surface area (Å²) in [5, 5.41) is 2.80. The van der Waals surface area contributed by atoms with E-state index in [9.17, 15) is 4.79 Å². The summed E-state index contributed by atoms with van der Waals surface area (Å²) in [6, 6.07) is 6.97. The maximum Gasteiger partial charge on any atom is 0.257 e. The fraction of sp³-hybridized carbons (Fsp3) is 0.143. The van der Waals surface area contributed by atoms with Crippen LogP contribution in [0.4, 0.5) is 11.4 Å². The summed E-state index contributed by atoms with van der Waals surface area (Å²) >= 11 is 3.36. The predicted molar refractivity (Wildman–Crippen MR) is 82.0 cm³/mol. The van der Waals surface area contributed by atoms with Gasteiger partial charge in [-0.3, -0.25) is 9.78 Å². The predicted octanol–water partition coefficient (Wildman–Crippen LogP) is 3.00. The molecule has 0 radical (unpaired) electrons. The molecule has 1 aromatic heterocycles. The van der Waals surface area contributed by atoms with Crippen LogP contribution < -0.4 is 15.8 Å². The van der Waals surface area contributed by atoms with Gasteiger partial charge in [-0.15, -0.1) is 0 Å². The Hall–Kier alpha value is -2.08. The van der Waals surface area contributed by atoms with E-state index in [0.717, 1.165) is 4.47 Å². The van der Waals surface area contributed by atoms with Gasteiger partial charge in [-0.2, -0.15) is 0 Å². The van der Waals surface area contributed by atoms with Crippen LogP contribution in [-0.4, -0.2) is 18.0 Å². The third-order valence-corrected chi connectivity index (χ3v) is 3.26. The van der Waals surface area contributed by atoms with E-state index in [2.05, 4.69) is 26.2 Å². The maximum atomic E-state index is 12.3. The van der Waals surface area contributed by atoms with Gasteiger partial charge in [0, 0.05) is 4.47 Å². The maximum absolute atomic E-state index is 12.3. The van der Waals surface area contributed by atoms with Crippen LogP contribution in [0.1, 0.15) is 16.1 Å². The van der Waals surface area contributed by atoms with Crippen molar-refractivity contribution >= 4 is 33.2 Å². The number of nitrogen functional groups attached to an aromatic ring is 1. The number of aromatic nitrogens is 1. The van der Waals surface area contributed by atoms with E-state index in [1.165, 1.54) is 6.20 Å². The number of halogens is 1. The summed E-state index contributed by atoms with van der Waals surface area (Å²) in [6.45, 7) is 1.76.